The van der Waals surface area contributed by atoms with Gasteiger partial charge in [0.1, 0.15) is 5.75 Å². The van der Waals surface area contributed by atoms with Crippen molar-refractivity contribution in [3.05, 3.63) is 48.2 Å². The number of pyridine rings is 1. The Morgan fingerprint density at radius 3 is 2.29 bits per heavy atom. The number of hydrogen-bond donors (Lipinski definition) is 1. The molecule has 2 N–H and O–H groups in total. The highest BCUT2D eigenvalue weighted by molar-refractivity contribution is 5.88. The van der Waals surface area contributed by atoms with E-state index in [1.807, 2.05) is 0 Å². The van der Waals surface area contributed by atoms with E-state index in [2.05, 4.69) is 4.98 Å². The molecule has 0 atom stereocenters. The predicted octanol–water partition coefficient (Wildman–Crippen LogP) is 3.90. The van der Waals surface area contributed by atoms with Crippen molar-refractivity contribution in [2.24, 2.45) is 0 Å². The second-order valence-electron chi connectivity index (χ2n) is 4.92. The van der Waals surface area contributed by atoms with Crippen LogP contribution in [0.2, 0.25) is 0 Å². The molecule has 7 heteroatoms. The first kappa shape index (κ1) is 15.8. The minimum Gasteiger partial charge on any atom is -0.493 e. The van der Waals surface area contributed by atoms with E-state index in [-0.39, 0.29) is 11.4 Å². The largest absolute Gasteiger partial charge is 0.493 e. The number of benzene rings is 2. The van der Waals surface area contributed by atoms with Crippen molar-refractivity contribution >= 4 is 16.6 Å². The molecule has 0 saturated heterocycles. The molecule has 0 aliphatic rings. The van der Waals surface area contributed by atoms with Crippen LogP contribution in [0.15, 0.2) is 36.5 Å². The highest BCUT2D eigenvalue weighted by atomic mass is 19.2. The highest BCUT2D eigenvalue weighted by Crippen LogP contribution is 2.37. The topological polar surface area (TPSA) is 66.6 Å². The van der Waals surface area contributed by atoms with E-state index in [1.165, 1.54) is 32.5 Å². The van der Waals surface area contributed by atoms with Crippen molar-refractivity contribution in [2.45, 2.75) is 0 Å². The summed E-state index contributed by atoms with van der Waals surface area (Å²) >= 11 is 0. The molecule has 0 aliphatic carbocycles. The van der Waals surface area contributed by atoms with Crippen molar-refractivity contribution in [1.82, 2.24) is 4.98 Å². The average Bonchev–Trinajstić information content (AvgIpc) is 2.61. The minimum absolute atomic E-state index is 0.274. The number of fused-ring (bicyclic) bond motifs is 1. The van der Waals surface area contributed by atoms with E-state index in [0.717, 1.165) is 0 Å². The molecule has 3 rings (SSSR count). The van der Waals surface area contributed by atoms with E-state index >= 15 is 0 Å². The van der Waals surface area contributed by atoms with E-state index in [4.69, 9.17) is 19.9 Å². The SMILES string of the molecule is COc1cc2nccc(Oc3ccc(N)c(F)c3F)c2cc1OC. The molecular weight excluding hydrogens is 318 g/mol. The van der Waals surface area contributed by atoms with E-state index in [0.29, 0.717) is 28.2 Å². The van der Waals surface area contributed by atoms with Crippen molar-refractivity contribution in [3.8, 4) is 23.0 Å². The zero-order valence-electron chi connectivity index (χ0n) is 13.0. The van der Waals surface area contributed by atoms with Gasteiger partial charge in [0, 0.05) is 17.6 Å². The first-order valence-electron chi connectivity index (χ1n) is 6.97. The van der Waals surface area contributed by atoms with Gasteiger partial charge in [-0.15, -0.1) is 0 Å². The maximum Gasteiger partial charge on any atom is 0.203 e. The Labute approximate surface area is 136 Å². The Bertz CT molecular complexity index is 916. The van der Waals surface area contributed by atoms with Gasteiger partial charge in [-0.3, -0.25) is 4.98 Å². The molecule has 0 spiro atoms. The van der Waals surface area contributed by atoms with Gasteiger partial charge in [0.15, 0.2) is 23.1 Å². The summed E-state index contributed by atoms with van der Waals surface area (Å²) in [5.74, 6) is -1.32. The third-order valence-corrected chi connectivity index (χ3v) is 3.50. The molecule has 2 aromatic carbocycles. The van der Waals surface area contributed by atoms with Crippen LogP contribution in [0.1, 0.15) is 0 Å². The maximum absolute atomic E-state index is 14.0. The lowest BCUT2D eigenvalue weighted by molar-refractivity contribution is 0.355. The number of nitrogens with two attached hydrogens (primary N) is 1. The van der Waals surface area contributed by atoms with Crippen LogP contribution in [0.25, 0.3) is 10.9 Å². The lowest BCUT2D eigenvalue weighted by Crippen LogP contribution is -1.98. The lowest BCUT2D eigenvalue weighted by atomic mass is 10.2. The summed E-state index contributed by atoms with van der Waals surface area (Å²) in [6, 6.07) is 7.37. The molecule has 0 aliphatic heterocycles. The number of rotatable bonds is 4. The number of methoxy groups -OCH3 is 2. The van der Waals surface area contributed by atoms with Crippen molar-refractivity contribution in [3.63, 3.8) is 0 Å². The number of nitrogen functional groups attached to an aromatic ring is 1. The Morgan fingerprint density at radius 2 is 1.58 bits per heavy atom. The van der Waals surface area contributed by atoms with Crippen LogP contribution in [0.4, 0.5) is 14.5 Å². The summed E-state index contributed by atoms with van der Waals surface area (Å²) in [5, 5.41) is 0.562. The molecule has 0 fully saturated rings. The summed E-state index contributed by atoms with van der Waals surface area (Å²) in [6.07, 6.45) is 1.50. The van der Waals surface area contributed by atoms with Gasteiger partial charge in [-0.25, -0.2) is 4.39 Å². The van der Waals surface area contributed by atoms with Gasteiger partial charge in [0.25, 0.3) is 0 Å². The molecule has 0 amide bonds. The number of nitrogens with zero attached hydrogens (tertiary/aromatic N) is 1. The summed E-state index contributed by atoms with van der Waals surface area (Å²) in [6.45, 7) is 0. The molecule has 0 bridgehead atoms. The second-order valence-corrected chi connectivity index (χ2v) is 4.92. The zero-order valence-corrected chi connectivity index (χ0v) is 13.0. The monoisotopic (exact) mass is 332 g/mol. The minimum atomic E-state index is -1.15. The van der Waals surface area contributed by atoms with Gasteiger partial charge in [-0.1, -0.05) is 0 Å². The normalized spacial score (nSPS) is 10.7. The fourth-order valence-electron chi connectivity index (χ4n) is 2.28. The van der Waals surface area contributed by atoms with Crippen LogP contribution in [-0.2, 0) is 0 Å². The van der Waals surface area contributed by atoms with E-state index < -0.39 is 11.6 Å². The molecule has 0 unspecified atom stereocenters. The van der Waals surface area contributed by atoms with Gasteiger partial charge in [0.05, 0.1) is 25.4 Å². The predicted molar refractivity (Wildman–Crippen MR) is 85.7 cm³/mol. The number of anilines is 1. The van der Waals surface area contributed by atoms with E-state index in [1.54, 1.807) is 18.2 Å². The standard InChI is InChI=1S/C17H14F2N2O3/c1-22-14-7-9-11(8-15(14)23-2)21-6-5-12(9)24-13-4-3-10(20)16(18)17(13)19/h3-8H,20H2,1-2H3. The van der Waals surface area contributed by atoms with Crippen molar-refractivity contribution in [1.29, 1.82) is 0 Å². The molecule has 24 heavy (non-hydrogen) atoms. The van der Waals surface area contributed by atoms with Crippen LogP contribution in [-0.4, -0.2) is 19.2 Å². The van der Waals surface area contributed by atoms with Crippen LogP contribution >= 0.6 is 0 Å². The second kappa shape index (κ2) is 6.19. The summed E-state index contributed by atoms with van der Waals surface area (Å²) < 4.78 is 43.6. The zero-order chi connectivity index (χ0) is 17.3. The average molecular weight is 332 g/mol. The fraction of sp³-hybridized carbons (Fsp3) is 0.118. The number of halogens is 2. The molecular formula is C17H14F2N2O3. The van der Waals surface area contributed by atoms with Crippen molar-refractivity contribution < 1.29 is 23.0 Å². The molecule has 124 valence electrons. The molecule has 0 saturated carbocycles. The van der Waals surface area contributed by atoms with Crippen molar-refractivity contribution in [2.75, 3.05) is 20.0 Å². The molecule has 3 aromatic rings. The van der Waals surface area contributed by atoms with E-state index in [9.17, 15) is 8.78 Å². The van der Waals surface area contributed by atoms with Crippen LogP contribution in [0.5, 0.6) is 23.0 Å². The molecule has 0 radical (unpaired) electrons. The third-order valence-electron chi connectivity index (χ3n) is 3.50. The number of aromatic nitrogens is 1. The third kappa shape index (κ3) is 2.64. The Hall–Kier alpha value is -3.09. The molecule has 1 heterocycles. The molecule has 5 nitrogen and oxygen atoms in total. The summed E-state index contributed by atoms with van der Waals surface area (Å²) in [7, 11) is 3.01. The van der Waals surface area contributed by atoms with Crippen LogP contribution < -0.4 is 19.9 Å². The van der Waals surface area contributed by atoms with Gasteiger partial charge >= 0.3 is 0 Å². The smallest absolute Gasteiger partial charge is 0.203 e. The highest BCUT2D eigenvalue weighted by Gasteiger charge is 2.16. The van der Waals surface area contributed by atoms with Gasteiger partial charge in [-0.2, -0.15) is 4.39 Å². The molecule has 1 aromatic heterocycles. The quantitative estimate of drug-likeness (QED) is 0.734. The van der Waals surface area contributed by atoms with Gasteiger partial charge < -0.3 is 19.9 Å². The van der Waals surface area contributed by atoms with Crippen LogP contribution in [0, 0.1) is 11.6 Å². The summed E-state index contributed by atoms with van der Waals surface area (Å²) in [4.78, 5) is 4.22. The Morgan fingerprint density at radius 1 is 0.875 bits per heavy atom. The maximum atomic E-state index is 14.0. The fourth-order valence-corrected chi connectivity index (χ4v) is 2.28. The Balaban J connectivity index is 2.12. The Kier molecular flexibility index (Phi) is 4.07. The first-order chi connectivity index (χ1) is 11.5. The lowest BCUT2D eigenvalue weighted by Gasteiger charge is -2.13. The number of hydrogen-bond acceptors (Lipinski definition) is 5. The number of ether oxygens (including phenoxy) is 3. The van der Waals surface area contributed by atoms with Crippen LogP contribution in [0.3, 0.4) is 0 Å². The first-order valence-corrected chi connectivity index (χ1v) is 6.97. The summed E-state index contributed by atoms with van der Waals surface area (Å²) in [5.41, 5.74) is 5.60. The van der Waals surface area contributed by atoms with Gasteiger partial charge in [-0.05, 0) is 24.3 Å². The van der Waals surface area contributed by atoms with Gasteiger partial charge in [0.2, 0.25) is 5.82 Å².